The fourth-order valence-electron chi connectivity index (χ4n) is 1.69. The summed E-state index contributed by atoms with van der Waals surface area (Å²) in [6, 6.07) is 0. The lowest BCUT2D eigenvalue weighted by atomic mass is 10.4. The lowest BCUT2D eigenvalue weighted by Crippen LogP contribution is -2.31. The first kappa shape index (κ1) is 14.9. The minimum absolute atomic E-state index is 0.00796. The molecular weight excluding hydrogens is 250 g/mol. The number of anilines is 1. The second-order valence-corrected chi connectivity index (χ2v) is 4.06. The van der Waals surface area contributed by atoms with Crippen LogP contribution in [0.25, 0.3) is 0 Å². The summed E-state index contributed by atoms with van der Waals surface area (Å²) in [5, 5.41) is 20.6. The first-order chi connectivity index (χ1) is 9.01. The van der Waals surface area contributed by atoms with E-state index >= 15 is 0 Å². The molecule has 0 saturated heterocycles. The molecule has 1 amide bonds. The van der Waals surface area contributed by atoms with Crippen molar-refractivity contribution in [2.75, 3.05) is 18.4 Å². The third-order valence-electron chi connectivity index (χ3n) is 2.57. The van der Waals surface area contributed by atoms with Gasteiger partial charge in [0.1, 0.15) is 5.69 Å². The average molecular weight is 269 g/mol. The average Bonchev–Trinajstić information content (AvgIpc) is 2.69. The van der Waals surface area contributed by atoms with Gasteiger partial charge in [-0.05, 0) is 20.3 Å². The SMILES string of the molecule is CCCNC(=O)CNc1c([N+](=O)[O-])c(C)nn1CC. The van der Waals surface area contributed by atoms with Crippen LogP contribution in [0.1, 0.15) is 26.0 Å². The van der Waals surface area contributed by atoms with Crippen LogP contribution >= 0.6 is 0 Å². The van der Waals surface area contributed by atoms with Crippen molar-refractivity contribution in [3.63, 3.8) is 0 Å². The van der Waals surface area contributed by atoms with Gasteiger partial charge >= 0.3 is 5.69 Å². The van der Waals surface area contributed by atoms with Gasteiger partial charge in [0.25, 0.3) is 0 Å². The third kappa shape index (κ3) is 3.67. The van der Waals surface area contributed by atoms with Gasteiger partial charge in [-0.1, -0.05) is 6.92 Å². The topological polar surface area (TPSA) is 102 Å². The van der Waals surface area contributed by atoms with Crippen molar-refractivity contribution in [3.05, 3.63) is 15.8 Å². The highest BCUT2D eigenvalue weighted by molar-refractivity contribution is 5.81. The molecule has 8 heteroatoms. The van der Waals surface area contributed by atoms with Crippen LogP contribution in [0.4, 0.5) is 11.5 Å². The van der Waals surface area contributed by atoms with E-state index in [0.29, 0.717) is 18.8 Å². The van der Waals surface area contributed by atoms with Gasteiger partial charge in [-0.2, -0.15) is 5.10 Å². The van der Waals surface area contributed by atoms with Crippen molar-refractivity contribution in [1.29, 1.82) is 0 Å². The molecule has 0 aliphatic heterocycles. The summed E-state index contributed by atoms with van der Waals surface area (Å²) in [6.07, 6.45) is 0.845. The fraction of sp³-hybridized carbons (Fsp3) is 0.636. The predicted molar refractivity (Wildman–Crippen MR) is 71.1 cm³/mol. The summed E-state index contributed by atoms with van der Waals surface area (Å²) in [6.45, 7) is 6.44. The number of aryl methyl sites for hydroxylation is 2. The Morgan fingerprint density at radius 3 is 2.68 bits per heavy atom. The first-order valence-electron chi connectivity index (χ1n) is 6.23. The number of nitrogens with one attached hydrogen (secondary N) is 2. The van der Waals surface area contributed by atoms with Gasteiger partial charge in [-0.25, -0.2) is 4.68 Å². The molecule has 0 saturated carbocycles. The van der Waals surface area contributed by atoms with Gasteiger partial charge in [-0.3, -0.25) is 14.9 Å². The maximum Gasteiger partial charge on any atom is 0.333 e. The molecule has 0 bridgehead atoms. The van der Waals surface area contributed by atoms with E-state index in [4.69, 9.17) is 0 Å². The zero-order valence-corrected chi connectivity index (χ0v) is 11.4. The molecule has 106 valence electrons. The van der Waals surface area contributed by atoms with Gasteiger partial charge in [-0.15, -0.1) is 0 Å². The standard InChI is InChI=1S/C11H19N5O3/c1-4-6-12-9(17)7-13-11-10(16(18)19)8(3)14-15(11)5-2/h13H,4-7H2,1-3H3,(H,12,17). The Morgan fingerprint density at radius 1 is 1.47 bits per heavy atom. The Bertz CT molecular complexity index is 469. The van der Waals surface area contributed by atoms with Crippen LogP contribution in [0.2, 0.25) is 0 Å². The Balaban J connectivity index is 2.81. The summed E-state index contributed by atoms with van der Waals surface area (Å²) >= 11 is 0. The van der Waals surface area contributed by atoms with E-state index in [-0.39, 0.29) is 24.0 Å². The van der Waals surface area contributed by atoms with Gasteiger partial charge in [0.2, 0.25) is 11.7 Å². The Kier molecular flexibility index (Phi) is 5.28. The molecule has 0 aliphatic rings. The largest absolute Gasteiger partial charge is 0.355 e. The molecule has 1 rings (SSSR count). The van der Waals surface area contributed by atoms with Crippen molar-refractivity contribution in [3.8, 4) is 0 Å². The van der Waals surface area contributed by atoms with Crippen molar-refractivity contribution < 1.29 is 9.72 Å². The van der Waals surface area contributed by atoms with Crippen molar-refractivity contribution in [2.45, 2.75) is 33.7 Å². The highest BCUT2D eigenvalue weighted by atomic mass is 16.6. The number of carbonyl (C=O) groups excluding carboxylic acids is 1. The maximum absolute atomic E-state index is 11.5. The second kappa shape index (κ2) is 6.72. The summed E-state index contributed by atoms with van der Waals surface area (Å²) in [4.78, 5) is 22.0. The van der Waals surface area contributed by atoms with Gasteiger partial charge in [0, 0.05) is 13.1 Å². The molecule has 2 N–H and O–H groups in total. The predicted octanol–water partition coefficient (Wildman–Crippen LogP) is 1.06. The number of nitro groups is 1. The summed E-state index contributed by atoms with van der Waals surface area (Å²) < 4.78 is 1.49. The summed E-state index contributed by atoms with van der Waals surface area (Å²) in [5.74, 6) is 0.0781. The molecule has 1 aromatic rings. The molecule has 0 radical (unpaired) electrons. The summed E-state index contributed by atoms with van der Waals surface area (Å²) in [7, 11) is 0. The maximum atomic E-state index is 11.5. The molecule has 19 heavy (non-hydrogen) atoms. The zero-order chi connectivity index (χ0) is 14.4. The second-order valence-electron chi connectivity index (χ2n) is 4.06. The quantitative estimate of drug-likeness (QED) is 0.569. The van der Waals surface area contributed by atoms with E-state index in [2.05, 4.69) is 15.7 Å². The van der Waals surface area contributed by atoms with E-state index in [1.807, 2.05) is 13.8 Å². The van der Waals surface area contributed by atoms with Crippen LogP contribution in [0.15, 0.2) is 0 Å². The molecular formula is C11H19N5O3. The molecule has 0 aliphatic carbocycles. The van der Waals surface area contributed by atoms with E-state index in [1.165, 1.54) is 4.68 Å². The number of carbonyl (C=O) groups is 1. The number of rotatable bonds is 7. The zero-order valence-electron chi connectivity index (χ0n) is 11.4. The van der Waals surface area contributed by atoms with Gasteiger partial charge < -0.3 is 10.6 Å². The minimum Gasteiger partial charge on any atom is -0.355 e. The molecule has 1 heterocycles. The molecule has 0 atom stereocenters. The van der Waals surface area contributed by atoms with Gasteiger partial charge in [0.05, 0.1) is 11.5 Å². The minimum atomic E-state index is -0.485. The van der Waals surface area contributed by atoms with Crippen molar-refractivity contribution >= 4 is 17.4 Å². The van der Waals surface area contributed by atoms with Crippen LogP contribution in [-0.2, 0) is 11.3 Å². The molecule has 0 spiro atoms. The van der Waals surface area contributed by atoms with Crippen LogP contribution < -0.4 is 10.6 Å². The highest BCUT2D eigenvalue weighted by Gasteiger charge is 2.24. The lowest BCUT2D eigenvalue weighted by Gasteiger charge is -2.07. The van der Waals surface area contributed by atoms with E-state index in [9.17, 15) is 14.9 Å². The van der Waals surface area contributed by atoms with Crippen LogP contribution in [0, 0.1) is 17.0 Å². The van der Waals surface area contributed by atoms with Crippen LogP contribution in [0.3, 0.4) is 0 Å². The molecule has 0 fully saturated rings. The normalized spacial score (nSPS) is 10.3. The Morgan fingerprint density at radius 2 is 2.16 bits per heavy atom. The number of hydrogen-bond acceptors (Lipinski definition) is 5. The van der Waals surface area contributed by atoms with Gasteiger partial charge in [0.15, 0.2) is 0 Å². The van der Waals surface area contributed by atoms with Crippen molar-refractivity contribution in [2.24, 2.45) is 0 Å². The first-order valence-corrected chi connectivity index (χ1v) is 6.23. The molecule has 0 aromatic carbocycles. The van der Waals surface area contributed by atoms with Crippen LogP contribution in [0.5, 0.6) is 0 Å². The lowest BCUT2D eigenvalue weighted by molar-refractivity contribution is -0.384. The third-order valence-corrected chi connectivity index (χ3v) is 2.57. The van der Waals surface area contributed by atoms with E-state index in [0.717, 1.165) is 6.42 Å². The molecule has 8 nitrogen and oxygen atoms in total. The smallest absolute Gasteiger partial charge is 0.333 e. The van der Waals surface area contributed by atoms with Crippen LogP contribution in [-0.4, -0.2) is 33.7 Å². The van der Waals surface area contributed by atoms with Crippen molar-refractivity contribution in [1.82, 2.24) is 15.1 Å². The Labute approximate surface area is 111 Å². The number of hydrogen-bond donors (Lipinski definition) is 2. The van der Waals surface area contributed by atoms with E-state index < -0.39 is 4.92 Å². The monoisotopic (exact) mass is 269 g/mol. The summed E-state index contributed by atoms with van der Waals surface area (Å²) in [5.41, 5.74) is 0.258. The van der Waals surface area contributed by atoms with E-state index in [1.54, 1.807) is 6.92 Å². The number of amides is 1. The highest BCUT2D eigenvalue weighted by Crippen LogP contribution is 2.27. The fourth-order valence-corrected chi connectivity index (χ4v) is 1.69. The number of aromatic nitrogens is 2. The number of nitrogens with zero attached hydrogens (tertiary/aromatic N) is 3. The molecule has 1 aromatic heterocycles. The molecule has 0 unspecified atom stereocenters. The Hall–Kier alpha value is -2.12.